The van der Waals surface area contributed by atoms with E-state index in [-0.39, 0.29) is 5.56 Å². The molecular formula is C13H15N3O4. The van der Waals surface area contributed by atoms with Gasteiger partial charge in [-0.25, -0.2) is 9.78 Å². The monoisotopic (exact) mass is 277 g/mol. The number of hydrogen-bond acceptors (Lipinski definition) is 5. The molecule has 106 valence electrons. The molecule has 0 saturated carbocycles. The van der Waals surface area contributed by atoms with Crippen molar-refractivity contribution < 1.29 is 14.8 Å². The maximum Gasteiger partial charge on any atom is 0.342 e. The van der Waals surface area contributed by atoms with Gasteiger partial charge in [-0.15, -0.1) is 0 Å². The van der Waals surface area contributed by atoms with Gasteiger partial charge in [0.2, 0.25) is 0 Å². The minimum absolute atomic E-state index is 0.339. The lowest BCUT2D eigenvalue weighted by molar-refractivity contribution is -0.385. The first-order valence-corrected chi connectivity index (χ1v) is 6.37. The third-order valence-corrected chi connectivity index (χ3v) is 3.20. The molecule has 0 unspecified atom stereocenters. The average Bonchev–Trinajstić information content (AvgIpc) is 2.91. The van der Waals surface area contributed by atoms with Crippen LogP contribution in [0.4, 0.5) is 11.5 Å². The summed E-state index contributed by atoms with van der Waals surface area (Å²) in [6.45, 7) is 0.635. The fourth-order valence-corrected chi connectivity index (χ4v) is 2.18. The molecule has 0 atom stereocenters. The van der Waals surface area contributed by atoms with E-state index in [0.29, 0.717) is 12.4 Å². The summed E-state index contributed by atoms with van der Waals surface area (Å²) in [6, 6.07) is 1.20. The lowest BCUT2D eigenvalue weighted by Gasteiger charge is -2.07. The second-order valence-electron chi connectivity index (χ2n) is 4.58. The number of hydrogen-bond donors (Lipinski definition) is 2. The summed E-state index contributed by atoms with van der Waals surface area (Å²) in [5.74, 6) is -0.993. The second kappa shape index (κ2) is 6.14. The van der Waals surface area contributed by atoms with Crippen LogP contribution in [0.2, 0.25) is 0 Å². The van der Waals surface area contributed by atoms with Crippen LogP contribution in [0.5, 0.6) is 0 Å². The summed E-state index contributed by atoms with van der Waals surface area (Å²) < 4.78 is 0. The summed E-state index contributed by atoms with van der Waals surface area (Å²) in [5, 5.41) is 22.7. The Bertz CT molecular complexity index is 569. The van der Waals surface area contributed by atoms with Gasteiger partial charge in [0.15, 0.2) is 0 Å². The van der Waals surface area contributed by atoms with Crippen molar-refractivity contribution in [2.45, 2.75) is 25.7 Å². The number of carbonyl (C=O) groups is 1. The van der Waals surface area contributed by atoms with E-state index in [9.17, 15) is 14.9 Å². The average molecular weight is 277 g/mol. The number of rotatable bonds is 6. The van der Waals surface area contributed by atoms with Crippen LogP contribution in [0.25, 0.3) is 0 Å². The van der Waals surface area contributed by atoms with Crippen molar-refractivity contribution in [2.24, 2.45) is 0 Å². The van der Waals surface area contributed by atoms with Crippen LogP contribution in [0.15, 0.2) is 23.9 Å². The number of anilines is 1. The highest BCUT2D eigenvalue weighted by Gasteiger charge is 2.20. The van der Waals surface area contributed by atoms with Crippen LogP contribution in [0.1, 0.15) is 36.0 Å². The molecular weight excluding hydrogens is 262 g/mol. The predicted molar refractivity (Wildman–Crippen MR) is 72.9 cm³/mol. The first-order valence-electron chi connectivity index (χ1n) is 6.37. The molecule has 20 heavy (non-hydrogen) atoms. The summed E-state index contributed by atoms with van der Waals surface area (Å²) >= 11 is 0. The number of nitrogens with one attached hydrogen (secondary N) is 1. The highest BCUT2D eigenvalue weighted by molar-refractivity contribution is 5.93. The summed E-state index contributed by atoms with van der Waals surface area (Å²) in [6.07, 6.45) is 7.48. The van der Waals surface area contributed by atoms with Crippen molar-refractivity contribution >= 4 is 17.5 Å². The lowest BCUT2D eigenvalue weighted by atomic mass is 10.1. The van der Waals surface area contributed by atoms with Gasteiger partial charge in [-0.1, -0.05) is 11.6 Å². The van der Waals surface area contributed by atoms with Crippen molar-refractivity contribution in [1.29, 1.82) is 0 Å². The molecule has 1 aliphatic rings. The Morgan fingerprint density at radius 2 is 2.35 bits per heavy atom. The minimum atomic E-state index is -1.33. The Balaban J connectivity index is 2.03. The van der Waals surface area contributed by atoms with Crippen molar-refractivity contribution in [3.05, 3.63) is 39.6 Å². The molecule has 0 bridgehead atoms. The van der Waals surface area contributed by atoms with Crippen molar-refractivity contribution in [1.82, 2.24) is 4.98 Å². The molecule has 0 radical (unpaired) electrons. The fraction of sp³-hybridized carbons (Fsp3) is 0.385. The highest BCUT2D eigenvalue weighted by atomic mass is 16.6. The lowest BCUT2D eigenvalue weighted by Crippen LogP contribution is -2.08. The molecule has 1 heterocycles. The van der Waals surface area contributed by atoms with E-state index < -0.39 is 16.6 Å². The first-order chi connectivity index (χ1) is 9.58. The Labute approximate surface area is 115 Å². The molecule has 0 spiro atoms. The van der Waals surface area contributed by atoms with E-state index in [0.717, 1.165) is 25.5 Å². The third kappa shape index (κ3) is 3.31. The molecule has 0 amide bonds. The van der Waals surface area contributed by atoms with E-state index in [4.69, 9.17) is 5.11 Å². The number of nitrogens with zero attached hydrogens (tertiary/aromatic N) is 2. The molecule has 1 aromatic heterocycles. The number of carboxylic acids is 1. The molecule has 1 aromatic rings. The zero-order valence-corrected chi connectivity index (χ0v) is 10.8. The number of pyridine rings is 1. The molecule has 0 aliphatic heterocycles. The topological polar surface area (TPSA) is 105 Å². The molecule has 0 fully saturated rings. The van der Waals surface area contributed by atoms with Gasteiger partial charge >= 0.3 is 11.7 Å². The normalized spacial score (nSPS) is 13.9. The van der Waals surface area contributed by atoms with Crippen molar-refractivity contribution in [3.63, 3.8) is 0 Å². The van der Waals surface area contributed by atoms with E-state index >= 15 is 0 Å². The number of nitro groups is 1. The number of aromatic carboxylic acids is 1. The summed E-state index contributed by atoms with van der Waals surface area (Å²) in [4.78, 5) is 24.8. The van der Waals surface area contributed by atoms with Crippen LogP contribution in [0.3, 0.4) is 0 Å². The second-order valence-corrected chi connectivity index (χ2v) is 4.58. The van der Waals surface area contributed by atoms with Crippen molar-refractivity contribution in [2.75, 3.05) is 11.9 Å². The van der Waals surface area contributed by atoms with Gasteiger partial charge in [-0.3, -0.25) is 10.1 Å². The quantitative estimate of drug-likeness (QED) is 0.470. The number of aromatic nitrogens is 1. The molecule has 1 aliphatic carbocycles. The van der Waals surface area contributed by atoms with Gasteiger partial charge in [-0.2, -0.15) is 0 Å². The van der Waals surface area contributed by atoms with Crippen LogP contribution >= 0.6 is 0 Å². The number of carboxylic acid groups (broad SMARTS) is 1. The molecule has 2 rings (SSSR count). The molecule has 2 N–H and O–H groups in total. The van der Waals surface area contributed by atoms with Crippen LogP contribution in [-0.2, 0) is 0 Å². The van der Waals surface area contributed by atoms with Gasteiger partial charge < -0.3 is 10.4 Å². The zero-order valence-electron chi connectivity index (χ0n) is 10.8. The Morgan fingerprint density at radius 3 is 2.95 bits per heavy atom. The molecule has 0 aromatic carbocycles. The fourth-order valence-electron chi connectivity index (χ4n) is 2.18. The zero-order chi connectivity index (χ0) is 14.5. The van der Waals surface area contributed by atoms with Gasteiger partial charge in [-0.05, 0) is 25.7 Å². The van der Waals surface area contributed by atoms with Gasteiger partial charge in [0.1, 0.15) is 17.6 Å². The molecule has 0 saturated heterocycles. The van der Waals surface area contributed by atoms with E-state index in [1.54, 1.807) is 0 Å². The van der Waals surface area contributed by atoms with Crippen molar-refractivity contribution in [3.8, 4) is 0 Å². The Morgan fingerprint density at radius 1 is 1.55 bits per heavy atom. The predicted octanol–water partition coefficient (Wildman–Crippen LogP) is 2.60. The minimum Gasteiger partial charge on any atom is -0.477 e. The first kappa shape index (κ1) is 14.0. The molecule has 7 heteroatoms. The van der Waals surface area contributed by atoms with E-state index in [1.165, 1.54) is 18.1 Å². The largest absolute Gasteiger partial charge is 0.477 e. The van der Waals surface area contributed by atoms with Crippen LogP contribution in [-0.4, -0.2) is 27.5 Å². The van der Waals surface area contributed by atoms with Crippen LogP contribution in [0, 0.1) is 10.1 Å². The Kier molecular flexibility index (Phi) is 4.29. The van der Waals surface area contributed by atoms with Crippen LogP contribution < -0.4 is 5.32 Å². The van der Waals surface area contributed by atoms with Gasteiger partial charge in [0.05, 0.1) is 4.92 Å². The maximum absolute atomic E-state index is 11.0. The highest BCUT2D eigenvalue weighted by Crippen LogP contribution is 2.22. The third-order valence-electron chi connectivity index (χ3n) is 3.20. The SMILES string of the molecule is O=C(O)c1cc(NCCC2=CCCC2)ncc1[N+](=O)[O-]. The smallest absolute Gasteiger partial charge is 0.342 e. The summed E-state index contributed by atoms with van der Waals surface area (Å²) in [5.41, 5.74) is 0.534. The molecule has 7 nitrogen and oxygen atoms in total. The maximum atomic E-state index is 11.0. The standard InChI is InChI=1S/C13H15N3O4/c17-13(18)10-7-12(15-8-11(10)16(19)20)14-6-5-9-3-1-2-4-9/h3,7-8H,1-2,4-6H2,(H,14,15)(H,17,18). The summed E-state index contributed by atoms with van der Waals surface area (Å²) in [7, 11) is 0. The van der Waals surface area contributed by atoms with Gasteiger partial charge in [0.25, 0.3) is 0 Å². The Hall–Kier alpha value is -2.44. The van der Waals surface area contributed by atoms with E-state index in [1.807, 2.05) is 0 Å². The van der Waals surface area contributed by atoms with Gasteiger partial charge in [0, 0.05) is 12.6 Å². The van der Waals surface area contributed by atoms with E-state index in [2.05, 4.69) is 16.4 Å². The number of allylic oxidation sites excluding steroid dienone is 1.